The third-order valence-corrected chi connectivity index (χ3v) is 3.50. The van der Waals surface area contributed by atoms with E-state index in [1.165, 1.54) is 6.07 Å². The van der Waals surface area contributed by atoms with Crippen molar-refractivity contribution in [3.05, 3.63) is 59.2 Å². The molecule has 0 aliphatic carbocycles. The van der Waals surface area contributed by atoms with Crippen LogP contribution >= 0.6 is 0 Å². The van der Waals surface area contributed by atoms with Gasteiger partial charge in [-0.05, 0) is 50.7 Å². The van der Waals surface area contributed by atoms with Crippen molar-refractivity contribution in [2.45, 2.75) is 19.9 Å². The Hall–Kier alpha value is -2.33. The lowest BCUT2D eigenvalue weighted by atomic mass is 10.1. The van der Waals surface area contributed by atoms with Gasteiger partial charge in [-0.3, -0.25) is 4.79 Å². The summed E-state index contributed by atoms with van der Waals surface area (Å²) in [5, 5.41) is 15.7. The van der Waals surface area contributed by atoms with E-state index >= 15 is 0 Å². The van der Waals surface area contributed by atoms with E-state index in [0.717, 1.165) is 11.1 Å². The number of phenols is 1. The van der Waals surface area contributed by atoms with Crippen LogP contribution in [0.1, 0.15) is 34.5 Å². The molecule has 21 heavy (non-hydrogen) atoms. The van der Waals surface area contributed by atoms with Gasteiger partial charge in [0.2, 0.25) is 0 Å². The Morgan fingerprint density at radius 1 is 1.14 bits per heavy atom. The van der Waals surface area contributed by atoms with Crippen molar-refractivity contribution >= 4 is 11.6 Å². The lowest BCUT2D eigenvalue weighted by Gasteiger charge is -2.12. The van der Waals surface area contributed by atoms with Crippen molar-refractivity contribution < 1.29 is 9.90 Å². The maximum Gasteiger partial charge on any atom is 0.259 e. The van der Waals surface area contributed by atoms with Crippen molar-refractivity contribution in [1.29, 1.82) is 0 Å². The Morgan fingerprint density at radius 2 is 1.81 bits per heavy atom. The molecule has 2 aromatic carbocycles. The Morgan fingerprint density at radius 3 is 2.43 bits per heavy atom. The second-order valence-corrected chi connectivity index (χ2v) is 5.11. The van der Waals surface area contributed by atoms with Crippen LogP contribution in [0, 0.1) is 6.92 Å². The average Bonchev–Trinajstić information content (AvgIpc) is 2.49. The van der Waals surface area contributed by atoms with E-state index in [1.807, 2.05) is 38.2 Å². The second kappa shape index (κ2) is 6.41. The third kappa shape index (κ3) is 3.61. The molecule has 0 bridgehead atoms. The summed E-state index contributed by atoms with van der Waals surface area (Å²) in [6.45, 7) is 3.95. The Bertz CT molecular complexity index is 636. The first-order valence-corrected chi connectivity index (χ1v) is 6.89. The lowest BCUT2D eigenvalue weighted by molar-refractivity contribution is 0.102. The molecule has 1 unspecified atom stereocenters. The predicted molar refractivity (Wildman–Crippen MR) is 84.7 cm³/mol. The van der Waals surface area contributed by atoms with Gasteiger partial charge in [0.1, 0.15) is 5.75 Å². The number of aromatic hydroxyl groups is 1. The molecule has 0 fully saturated rings. The second-order valence-electron chi connectivity index (χ2n) is 5.11. The highest BCUT2D eigenvalue weighted by atomic mass is 16.3. The number of benzene rings is 2. The van der Waals surface area contributed by atoms with Crippen LogP contribution < -0.4 is 10.6 Å². The van der Waals surface area contributed by atoms with E-state index < -0.39 is 0 Å². The first kappa shape index (κ1) is 15.1. The molecule has 0 aromatic heterocycles. The fourth-order valence-corrected chi connectivity index (χ4v) is 2.05. The normalized spacial score (nSPS) is 12.0. The van der Waals surface area contributed by atoms with E-state index in [9.17, 15) is 9.90 Å². The number of anilines is 1. The molecule has 2 aromatic rings. The topological polar surface area (TPSA) is 61.4 Å². The van der Waals surface area contributed by atoms with Crippen LogP contribution in [0.4, 0.5) is 5.69 Å². The molecule has 0 spiro atoms. The summed E-state index contributed by atoms with van der Waals surface area (Å²) in [7, 11) is 1.90. The minimum absolute atomic E-state index is 0.0153. The quantitative estimate of drug-likeness (QED) is 0.807. The van der Waals surface area contributed by atoms with Crippen molar-refractivity contribution in [3.8, 4) is 5.75 Å². The van der Waals surface area contributed by atoms with Gasteiger partial charge < -0.3 is 15.7 Å². The van der Waals surface area contributed by atoms with Crippen LogP contribution in [0.2, 0.25) is 0 Å². The van der Waals surface area contributed by atoms with Crippen molar-refractivity contribution in [1.82, 2.24) is 5.32 Å². The van der Waals surface area contributed by atoms with Crippen LogP contribution in [0.5, 0.6) is 5.75 Å². The van der Waals surface area contributed by atoms with Gasteiger partial charge in [-0.2, -0.15) is 0 Å². The molecule has 0 aliphatic heterocycles. The first-order chi connectivity index (χ1) is 10.0. The SMILES string of the molecule is CNC(C)c1ccc(NC(=O)c2cc(C)ccc2O)cc1. The molecule has 110 valence electrons. The van der Waals surface area contributed by atoms with Gasteiger partial charge in [-0.15, -0.1) is 0 Å². The minimum atomic E-state index is -0.314. The lowest BCUT2D eigenvalue weighted by Crippen LogP contribution is -2.14. The molecule has 0 heterocycles. The number of hydrogen-bond donors (Lipinski definition) is 3. The smallest absolute Gasteiger partial charge is 0.259 e. The average molecular weight is 284 g/mol. The summed E-state index contributed by atoms with van der Waals surface area (Å²) in [5.41, 5.74) is 3.06. The molecule has 4 heteroatoms. The Kier molecular flexibility index (Phi) is 4.60. The van der Waals surface area contributed by atoms with Crippen LogP contribution in [0.15, 0.2) is 42.5 Å². The summed E-state index contributed by atoms with van der Waals surface area (Å²) < 4.78 is 0. The summed E-state index contributed by atoms with van der Waals surface area (Å²) in [6, 6.07) is 12.9. The van der Waals surface area contributed by atoms with Crippen molar-refractivity contribution in [3.63, 3.8) is 0 Å². The maximum absolute atomic E-state index is 12.2. The van der Waals surface area contributed by atoms with Crippen molar-refractivity contribution in [2.75, 3.05) is 12.4 Å². The molecular weight excluding hydrogens is 264 g/mol. The molecule has 0 radical (unpaired) electrons. The van der Waals surface area contributed by atoms with E-state index in [0.29, 0.717) is 5.69 Å². The van der Waals surface area contributed by atoms with Crippen LogP contribution in [-0.2, 0) is 0 Å². The number of rotatable bonds is 4. The number of aryl methyl sites for hydroxylation is 1. The highest BCUT2D eigenvalue weighted by Crippen LogP contribution is 2.21. The summed E-state index contributed by atoms with van der Waals surface area (Å²) in [5.74, 6) is -0.329. The van der Waals surface area contributed by atoms with Gasteiger partial charge in [-0.1, -0.05) is 23.8 Å². The number of carbonyl (C=O) groups excluding carboxylic acids is 1. The zero-order chi connectivity index (χ0) is 15.4. The third-order valence-electron chi connectivity index (χ3n) is 3.50. The molecular formula is C17H20N2O2. The van der Waals surface area contributed by atoms with Gasteiger partial charge in [0.25, 0.3) is 5.91 Å². The molecule has 0 aliphatic rings. The van der Waals surface area contributed by atoms with E-state index in [4.69, 9.17) is 0 Å². The van der Waals surface area contributed by atoms with E-state index in [1.54, 1.807) is 12.1 Å². The van der Waals surface area contributed by atoms with Gasteiger partial charge in [0.15, 0.2) is 0 Å². The van der Waals surface area contributed by atoms with E-state index in [2.05, 4.69) is 17.6 Å². The largest absolute Gasteiger partial charge is 0.507 e. The number of phenolic OH excluding ortho intramolecular Hbond substituents is 1. The standard InChI is InChI=1S/C17H20N2O2/c1-11-4-9-16(20)15(10-11)17(21)19-14-7-5-13(6-8-14)12(2)18-3/h4-10,12,18,20H,1-3H3,(H,19,21). The summed E-state index contributed by atoms with van der Waals surface area (Å²) in [4.78, 5) is 12.2. The highest BCUT2D eigenvalue weighted by Gasteiger charge is 2.11. The highest BCUT2D eigenvalue weighted by molar-refractivity contribution is 6.06. The monoisotopic (exact) mass is 284 g/mol. The Labute approximate surface area is 124 Å². The number of hydrogen-bond acceptors (Lipinski definition) is 3. The minimum Gasteiger partial charge on any atom is -0.507 e. The molecule has 4 nitrogen and oxygen atoms in total. The molecule has 0 saturated heterocycles. The molecule has 1 amide bonds. The molecule has 0 saturated carbocycles. The van der Waals surface area contributed by atoms with Crippen LogP contribution in [0.3, 0.4) is 0 Å². The number of amides is 1. The Balaban J connectivity index is 2.14. The molecule has 1 atom stereocenters. The van der Waals surface area contributed by atoms with Crippen LogP contribution in [0.25, 0.3) is 0 Å². The molecule has 2 rings (SSSR count). The van der Waals surface area contributed by atoms with Gasteiger partial charge in [-0.25, -0.2) is 0 Å². The first-order valence-electron chi connectivity index (χ1n) is 6.89. The van der Waals surface area contributed by atoms with Crippen molar-refractivity contribution in [2.24, 2.45) is 0 Å². The fraction of sp³-hybridized carbons (Fsp3) is 0.235. The molecule has 3 N–H and O–H groups in total. The zero-order valence-corrected chi connectivity index (χ0v) is 12.5. The number of carbonyl (C=O) groups is 1. The zero-order valence-electron chi connectivity index (χ0n) is 12.5. The predicted octanol–water partition coefficient (Wildman–Crippen LogP) is 3.23. The van der Waals surface area contributed by atoms with Gasteiger partial charge >= 0.3 is 0 Å². The van der Waals surface area contributed by atoms with E-state index in [-0.39, 0.29) is 23.3 Å². The fourth-order valence-electron chi connectivity index (χ4n) is 2.05. The summed E-state index contributed by atoms with van der Waals surface area (Å²) >= 11 is 0. The van der Waals surface area contributed by atoms with Gasteiger partial charge in [0.05, 0.1) is 5.56 Å². The number of nitrogens with one attached hydrogen (secondary N) is 2. The van der Waals surface area contributed by atoms with Crippen LogP contribution in [-0.4, -0.2) is 18.1 Å². The van der Waals surface area contributed by atoms with Gasteiger partial charge in [0, 0.05) is 11.7 Å². The summed E-state index contributed by atoms with van der Waals surface area (Å²) in [6.07, 6.45) is 0. The maximum atomic E-state index is 12.2.